The smallest absolute Gasteiger partial charge is 0.410 e. The fraction of sp³-hybridized carbons (Fsp3) is 0.538. The lowest BCUT2D eigenvalue weighted by atomic mass is 9.98. The molecule has 4 rings (SSSR count). The number of likely N-dealkylation sites (tertiary alicyclic amines) is 1. The van der Waals surface area contributed by atoms with E-state index < -0.39 is 5.60 Å². The Hall–Kier alpha value is -2.56. The lowest BCUT2D eigenvalue weighted by molar-refractivity contribution is -0.122. The Bertz CT molecular complexity index is 849. The van der Waals surface area contributed by atoms with E-state index >= 15 is 0 Å². The quantitative estimate of drug-likeness (QED) is 0.577. The van der Waals surface area contributed by atoms with Crippen LogP contribution >= 0.6 is 0 Å². The molecule has 0 aromatic heterocycles. The molecular formula is C26H36N2O3. The number of hydrogen-bond donors (Lipinski definition) is 1. The van der Waals surface area contributed by atoms with Gasteiger partial charge in [-0.3, -0.25) is 4.79 Å². The first-order valence-corrected chi connectivity index (χ1v) is 11.5. The van der Waals surface area contributed by atoms with Crippen molar-refractivity contribution in [1.29, 1.82) is 0 Å². The first kappa shape index (κ1) is 21.7. The maximum atomic E-state index is 12.5. The Labute approximate surface area is 187 Å². The van der Waals surface area contributed by atoms with E-state index in [9.17, 15) is 9.59 Å². The summed E-state index contributed by atoms with van der Waals surface area (Å²) in [6.45, 7) is 10.1. The highest BCUT2D eigenvalue weighted by molar-refractivity contribution is 5.82. The molecule has 1 N–H and O–H groups in total. The molecule has 31 heavy (non-hydrogen) atoms. The lowest BCUT2D eigenvalue weighted by Crippen LogP contribution is -2.39. The van der Waals surface area contributed by atoms with Gasteiger partial charge in [0.1, 0.15) is 5.60 Å². The summed E-state index contributed by atoms with van der Waals surface area (Å²) in [5.74, 6) is 2.30. The molecule has 0 aromatic carbocycles. The van der Waals surface area contributed by atoms with Gasteiger partial charge in [0.15, 0.2) is 0 Å². The topological polar surface area (TPSA) is 58.6 Å². The summed E-state index contributed by atoms with van der Waals surface area (Å²) >= 11 is 0. The number of carbonyl (C=O) groups excluding carboxylic acids is 2. The minimum atomic E-state index is -0.531. The van der Waals surface area contributed by atoms with Gasteiger partial charge in [-0.1, -0.05) is 49.1 Å². The van der Waals surface area contributed by atoms with Gasteiger partial charge in [0, 0.05) is 33.4 Å². The van der Waals surface area contributed by atoms with Gasteiger partial charge in [-0.25, -0.2) is 4.79 Å². The summed E-state index contributed by atoms with van der Waals surface area (Å²) in [6.07, 6.45) is 18.2. The van der Waals surface area contributed by atoms with E-state index in [0.29, 0.717) is 23.7 Å². The minimum Gasteiger partial charge on any atom is -0.438 e. The maximum absolute atomic E-state index is 12.5. The van der Waals surface area contributed by atoms with Crippen LogP contribution in [0.15, 0.2) is 60.8 Å². The molecule has 168 valence electrons. The summed E-state index contributed by atoms with van der Waals surface area (Å²) in [5, 5.41) is 3.13. The molecule has 0 bridgehead atoms. The van der Waals surface area contributed by atoms with Gasteiger partial charge in [0.25, 0.3) is 0 Å². The van der Waals surface area contributed by atoms with Crippen molar-refractivity contribution in [1.82, 2.24) is 10.2 Å². The van der Waals surface area contributed by atoms with E-state index in [4.69, 9.17) is 4.74 Å². The van der Waals surface area contributed by atoms with Crippen LogP contribution in [0, 0.1) is 29.6 Å². The van der Waals surface area contributed by atoms with Crippen LogP contribution in [0.2, 0.25) is 0 Å². The Balaban J connectivity index is 0.00000289. The Morgan fingerprint density at radius 1 is 1.29 bits per heavy atom. The summed E-state index contributed by atoms with van der Waals surface area (Å²) in [4.78, 5) is 26.8. The van der Waals surface area contributed by atoms with Crippen molar-refractivity contribution in [2.24, 2.45) is 29.6 Å². The second kappa shape index (κ2) is 8.89. The van der Waals surface area contributed by atoms with Crippen LogP contribution < -0.4 is 5.32 Å². The average molecular weight is 425 g/mol. The van der Waals surface area contributed by atoms with Crippen LogP contribution in [0.25, 0.3) is 0 Å². The van der Waals surface area contributed by atoms with Crippen molar-refractivity contribution in [3.05, 3.63) is 60.8 Å². The van der Waals surface area contributed by atoms with Gasteiger partial charge in [-0.2, -0.15) is 0 Å². The number of allylic oxidation sites excluding steroid dienone is 7. The highest BCUT2D eigenvalue weighted by Crippen LogP contribution is 2.53. The van der Waals surface area contributed by atoms with Crippen LogP contribution in [-0.2, 0) is 9.53 Å². The van der Waals surface area contributed by atoms with Crippen molar-refractivity contribution < 1.29 is 15.8 Å². The van der Waals surface area contributed by atoms with Gasteiger partial charge in [-0.15, -0.1) is 0 Å². The zero-order chi connectivity index (χ0) is 22.0. The maximum Gasteiger partial charge on any atom is 0.410 e. The molecule has 6 atom stereocenters. The standard InChI is InChI=1S/C26H34N2O3.H2/c1-4-6-10-18(5-2)20-15-21(20)24(29)27-14-11-19-22-16-28(17-23(19)22)25(30)31-26(3)12-8-7-9-13-26;/h4-10,12,19-23H,2,11,13-17H2,1,3H3,(H,27,29);1H/b6-4-,18-10+;/t19?,20-,21?,22-,23+,26?;/m1./s1. The zero-order valence-electron chi connectivity index (χ0n) is 18.6. The summed E-state index contributed by atoms with van der Waals surface area (Å²) in [6, 6.07) is 0. The first-order valence-electron chi connectivity index (χ1n) is 11.5. The number of carbonyl (C=O) groups is 2. The zero-order valence-corrected chi connectivity index (χ0v) is 18.6. The van der Waals surface area contributed by atoms with Gasteiger partial charge >= 0.3 is 6.09 Å². The number of fused-ring (bicyclic) bond motifs is 1. The SMILES string of the molecule is C=C/C(=C\C=C/C)[C@H]1CC1C(=O)NCCC1[C@H]2CN(C(=O)OC3(C)C=CC=CC3)C[C@@H]12.[HH]. The molecular weight excluding hydrogens is 388 g/mol. The molecule has 2 amide bonds. The van der Waals surface area contributed by atoms with E-state index in [0.717, 1.165) is 44.5 Å². The fourth-order valence-corrected chi connectivity index (χ4v) is 5.17. The third-order valence-corrected chi connectivity index (χ3v) is 7.22. The Morgan fingerprint density at radius 3 is 2.71 bits per heavy atom. The van der Waals surface area contributed by atoms with Crippen molar-refractivity contribution in [2.75, 3.05) is 19.6 Å². The molecule has 4 aliphatic rings. The van der Waals surface area contributed by atoms with Crippen molar-refractivity contribution in [3.8, 4) is 0 Å². The normalized spacial score (nSPS) is 35.7. The molecule has 1 aliphatic heterocycles. The molecule has 1 saturated heterocycles. The van der Waals surface area contributed by atoms with E-state index in [1.54, 1.807) is 0 Å². The third-order valence-electron chi connectivity index (χ3n) is 7.22. The largest absolute Gasteiger partial charge is 0.438 e. The number of piperidine rings is 1. The monoisotopic (exact) mass is 424 g/mol. The predicted octanol–water partition coefficient (Wildman–Crippen LogP) is 4.65. The van der Waals surface area contributed by atoms with Crippen molar-refractivity contribution in [3.63, 3.8) is 0 Å². The van der Waals surface area contributed by atoms with Gasteiger partial charge in [-0.05, 0) is 62.0 Å². The fourth-order valence-electron chi connectivity index (χ4n) is 5.17. The van der Waals surface area contributed by atoms with Crippen LogP contribution in [0.1, 0.15) is 34.5 Å². The second-order valence-electron chi connectivity index (χ2n) is 9.49. The van der Waals surface area contributed by atoms with Gasteiger partial charge < -0.3 is 15.0 Å². The molecule has 0 spiro atoms. The third kappa shape index (κ3) is 4.86. The molecule has 3 fully saturated rings. The van der Waals surface area contributed by atoms with Crippen LogP contribution in [0.4, 0.5) is 4.79 Å². The Kier molecular flexibility index (Phi) is 6.22. The highest BCUT2D eigenvalue weighted by Gasteiger charge is 2.56. The molecule has 0 radical (unpaired) electrons. The van der Waals surface area contributed by atoms with Crippen LogP contribution in [0.3, 0.4) is 0 Å². The molecule has 1 heterocycles. The molecule has 5 heteroatoms. The van der Waals surface area contributed by atoms with Crippen molar-refractivity contribution >= 4 is 12.0 Å². The number of hydrogen-bond acceptors (Lipinski definition) is 3. The predicted molar refractivity (Wildman–Crippen MR) is 124 cm³/mol. The summed E-state index contributed by atoms with van der Waals surface area (Å²) < 4.78 is 5.75. The van der Waals surface area contributed by atoms with Crippen LogP contribution in [0.5, 0.6) is 0 Å². The number of amides is 2. The van der Waals surface area contributed by atoms with E-state index in [2.05, 4.69) is 18.0 Å². The highest BCUT2D eigenvalue weighted by atomic mass is 16.6. The van der Waals surface area contributed by atoms with Gasteiger partial charge in [0.2, 0.25) is 5.91 Å². The minimum absolute atomic E-state index is 0. The van der Waals surface area contributed by atoms with Crippen LogP contribution in [-0.4, -0.2) is 42.1 Å². The number of nitrogens with one attached hydrogen (secondary N) is 1. The first-order chi connectivity index (χ1) is 15.0. The number of nitrogens with zero attached hydrogens (tertiary/aromatic N) is 1. The van der Waals surface area contributed by atoms with Crippen molar-refractivity contribution in [2.45, 2.75) is 38.7 Å². The molecule has 5 nitrogen and oxygen atoms in total. The number of ether oxygens (including phenoxy) is 1. The molecule has 0 aromatic rings. The summed E-state index contributed by atoms with van der Waals surface area (Å²) in [5.41, 5.74) is 0.617. The van der Waals surface area contributed by atoms with E-state index in [-0.39, 0.29) is 19.3 Å². The Morgan fingerprint density at radius 2 is 2.06 bits per heavy atom. The molecule has 3 unspecified atom stereocenters. The van der Waals surface area contributed by atoms with E-state index in [1.807, 2.05) is 61.3 Å². The lowest BCUT2D eigenvalue weighted by Gasteiger charge is -2.30. The van der Waals surface area contributed by atoms with E-state index in [1.165, 1.54) is 0 Å². The average Bonchev–Trinajstić information content (AvgIpc) is 3.63. The molecule has 3 aliphatic carbocycles. The summed E-state index contributed by atoms with van der Waals surface area (Å²) in [7, 11) is 0. The molecule has 2 saturated carbocycles. The number of rotatable bonds is 8. The second-order valence-corrected chi connectivity index (χ2v) is 9.49. The van der Waals surface area contributed by atoms with Gasteiger partial charge in [0.05, 0.1) is 0 Å².